The van der Waals surface area contributed by atoms with Crippen molar-refractivity contribution in [3.8, 4) is 5.75 Å². The lowest BCUT2D eigenvalue weighted by Crippen LogP contribution is -2.29. The molecule has 1 fully saturated rings. The molecule has 4 rings (SSSR count). The summed E-state index contributed by atoms with van der Waals surface area (Å²) in [5.41, 5.74) is 4.51. The maximum Gasteiger partial charge on any atom is 0.175 e. The Bertz CT molecular complexity index is 958. The van der Waals surface area contributed by atoms with Gasteiger partial charge in [-0.05, 0) is 99.1 Å². The van der Waals surface area contributed by atoms with E-state index in [2.05, 4.69) is 52.0 Å². The van der Waals surface area contributed by atoms with Crippen molar-refractivity contribution in [3.05, 3.63) is 54.2 Å². The topological polar surface area (TPSA) is 52.3 Å². The van der Waals surface area contributed by atoms with Crippen molar-refractivity contribution < 1.29 is 4.74 Å². The minimum Gasteiger partial charge on any atom is -0.497 e. The zero-order valence-electron chi connectivity index (χ0n) is 16.3. The maximum absolute atomic E-state index is 5.49. The standard InChI is InChI=1S/C22H26N4OS/c1-26-11-9-15(10-12-26)20-14-23-21-8-5-17(13-19(20)21)25-22(28)24-16-3-6-18(27-2)7-4-16/h3-8,13-15,23H,9-12H2,1-2H3,(H2,24,25,28). The minimum atomic E-state index is 0.570. The smallest absolute Gasteiger partial charge is 0.175 e. The first-order valence-corrected chi connectivity index (χ1v) is 10.0. The molecule has 0 atom stereocenters. The summed E-state index contributed by atoms with van der Waals surface area (Å²) in [5.74, 6) is 1.44. The highest BCUT2D eigenvalue weighted by Crippen LogP contribution is 2.34. The van der Waals surface area contributed by atoms with Crippen molar-refractivity contribution >= 4 is 39.6 Å². The molecular weight excluding hydrogens is 368 g/mol. The summed E-state index contributed by atoms with van der Waals surface area (Å²) in [6.45, 7) is 2.32. The molecule has 0 radical (unpaired) electrons. The van der Waals surface area contributed by atoms with Crippen LogP contribution in [0, 0.1) is 0 Å². The number of nitrogens with one attached hydrogen (secondary N) is 3. The van der Waals surface area contributed by atoms with E-state index in [0.717, 1.165) is 30.2 Å². The SMILES string of the molecule is COc1ccc(NC(=S)Nc2ccc3[nH]cc(C4CCN(C)CC4)c3c2)cc1. The van der Waals surface area contributed by atoms with E-state index < -0.39 is 0 Å². The number of ether oxygens (including phenoxy) is 1. The number of thiocarbonyl (C=S) groups is 1. The number of aromatic amines is 1. The molecule has 1 aromatic heterocycles. The molecule has 3 N–H and O–H groups in total. The summed E-state index contributed by atoms with van der Waals surface area (Å²) in [6.07, 6.45) is 4.59. The molecule has 146 valence electrons. The summed E-state index contributed by atoms with van der Waals surface area (Å²) in [5, 5.41) is 8.38. The number of hydrogen-bond donors (Lipinski definition) is 3. The fourth-order valence-electron chi connectivity index (χ4n) is 3.85. The first-order valence-electron chi connectivity index (χ1n) is 9.64. The first kappa shape index (κ1) is 18.8. The number of likely N-dealkylation sites (tertiary alicyclic amines) is 1. The van der Waals surface area contributed by atoms with Crippen molar-refractivity contribution in [2.45, 2.75) is 18.8 Å². The fourth-order valence-corrected chi connectivity index (χ4v) is 4.08. The van der Waals surface area contributed by atoms with E-state index in [1.165, 1.54) is 29.3 Å². The molecule has 1 saturated heterocycles. The van der Waals surface area contributed by atoms with Gasteiger partial charge in [-0.2, -0.15) is 0 Å². The van der Waals surface area contributed by atoms with Crippen LogP contribution in [-0.2, 0) is 0 Å². The van der Waals surface area contributed by atoms with Gasteiger partial charge in [-0.3, -0.25) is 0 Å². The monoisotopic (exact) mass is 394 g/mol. The molecular formula is C22H26N4OS. The largest absolute Gasteiger partial charge is 0.497 e. The second-order valence-corrected chi connectivity index (χ2v) is 7.80. The molecule has 0 spiro atoms. The summed E-state index contributed by atoms with van der Waals surface area (Å²) >= 11 is 5.49. The van der Waals surface area contributed by atoms with Gasteiger partial charge in [0.25, 0.3) is 0 Å². The van der Waals surface area contributed by atoms with Crippen LogP contribution < -0.4 is 15.4 Å². The van der Waals surface area contributed by atoms with Gasteiger partial charge in [0.2, 0.25) is 0 Å². The predicted molar refractivity (Wildman–Crippen MR) is 121 cm³/mol. The van der Waals surface area contributed by atoms with E-state index in [1.807, 2.05) is 24.3 Å². The molecule has 0 bridgehead atoms. The predicted octanol–water partition coefficient (Wildman–Crippen LogP) is 4.79. The maximum atomic E-state index is 5.49. The molecule has 2 heterocycles. The third-order valence-corrected chi connectivity index (χ3v) is 5.68. The number of fused-ring (bicyclic) bond motifs is 1. The lowest BCUT2D eigenvalue weighted by Gasteiger charge is -2.28. The second kappa shape index (κ2) is 8.20. The molecule has 28 heavy (non-hydrogen) atoms. The van der Waals surface area contributed by atoms with Crippen molar-refractivity contribution in [1.29, 1.82) is 0 Å². The van der Waals surface area contributed by atoms with Crippen LogP contribution in [0.25, 0.3) is 10.9 Å². The van der Waals surface area contributed by atoms with Crippen molar-refractivity contribution in [3.63, 3.8) is 0 Å². The van der Waals surface area contributed by atoms with E-state index in [1.54, 1.807) is 7.11 Å². The minimum absolute atomic E-state index is 0.570. The molecule has 3 aromatic rings. The summed E-state index contributed by atoms with van der Waals surface area (Å²) in [7, 11) is 3.86. The summed E-state index contributed by atoms with van der Waals surface area (Å²) < 4.78 is 5.19. The van der Waals surface area contributed by atoms with Crippen LogP contribution in [0.15, 0.2) is 48.7 Å². The average molecular weight is 395 g/mol. The molecule has 1 aliphatic rings. The Kier molecular flexibility index (Phi) is 5.50. The molecule has 1 aliphatic heterocycles. The Labute approximate surface area is 171 Å². The summed E-state index contributed by atoms with van der Waals surface area (Å²) in [6, 6.07) is 14.1. The van der Waals surface area contributed by atoms with E-state index in [9.17, 15) is 0 Å². The highest BCUT2D eigenvalue weighted by molar-refractivity contribution is 7.80. The Balaban J connectivity index is 1.47. The number of methoxy groups -OCH3 is 1. The van der Waals surface area contributed by atoms with Crippen molar-refractivity contribution in [2.24, 2.45) is 0 Å². The van der Waals surface area contributed by atoms with Crippen LogP contribution >= 0.6 is 12.2 Å². The number of anilines is 2. The highest BCUT2D eigenvalue weighted by atomic mass is 32.1. The highest BCUT2D eigenvalue weighted by Gasteiger charge is 2.21. The van der Waals surface area contributed by atoms with Crippen LogP contribution in [-0.4, -0.2) is 42.2 Å². The first-order chi connectivity index (χ1) is 13.6. The Morgan fingerprint density at radius 2 is 1.75 bits per heavy atom. The van der Waals surface area contributed by atoms with Gasteiger partial charge < -0.3 is 25.3 Å². The Morgan fingerprint density at radius 3 is 2.46 bits per heavy atom. The molecule has 0 unspecified atom stereocenters. The molecule has 0 amide bonds. The quantitative estimate of drug-likeness (QED) is 0.555. The fraction of sp³-hybridized carbons (Fsp3) is 0.318. The van der Waals surface area contributed by atoms with Crippen LogP contribution in [0.4, 0.5) is 11.4 Å². The lowest BCUT2D eigenvalue weighted by molar-refractivity contribution is 0.256. The third kappa shape index (κ3) is 4.13. The van der Waals surface area contributed by atoms with Gasteiger partial charge in [0.05, 0.1) is 7.11 Å². The Hall–Kier alpha value is -2.57. The van der Waals surface area contributed by atoms with E-state index in [0.29, 0.717) is 11.0 Å². The molecule has 6 heteroatoms. The second-order valence-electron chi connectivity index (χ2n) is 7.39. The zero-order valence-corrected chi connectivity index (χ0v) is 17.1. The van der Waals surface area contributed by atoms with Crippen LogP contribution in [0.5, 0.6) is 5.75 Å². The number of nitrogens with zero attached hydrogens (tertiary/aromatic N) is 1. The molecule has 0 saturated carbocycles. The van der Waals surface area contributed by atoms with E-state index in [4.69, 9.17) is 17.0 Å². The zero-order chi connectivity index (χ0) is 19.5. The molecule has 0 aliphatic carbocycles. The number of rotatable bonds is 4. The van der Waals surface area contributed by atoms with Crippen LogP contribution in [0.1, 0.15) is 24.3 Å². The number of benzene rings is 2. The van der Waals surface area contributed by atoms with Gasteiger partial charge in [-0.15, -0.1) is 0 Å². The molecule has 5 nitrogen and oxygen atoms in total. The van der Waals surface area contributed by atoms with Gasteiger partial charge in [0.1, 0.15) is 5.75 Å². The van der Waals surface area contributed by atoms with Crippen LogP contribution in [0.2, 0.25) is 0 Å². The Morgan fingerprint density at radius 1 is 1.07 bits per heavy atom. The molecule has 2 aromatic carbocycles. The van der Waals surface area contributed by atoms with Gasteiger partial charge in [0.15, 0.2) is 5.11 Å². The summed E-state index contributed by atoms with van der Waals surface area (Å²) in [4.78, 5) is 5.83. The number of hydrogen-bond acceptors (Lipinski definition) is 3. The van der Waals surface area contributed by atoms with Gasteiger partial charge >= 0.3 is 0 Å². The normalized spacial score (nSPS) is 15.5. The van der Waals surface area contributed by atoms with Gasteiger partial charge in [-0.1, -0.05) is 0 Å². The number of piperidine rings is 1. The third-order valence-electron chi connectivity index (χ3n) is 5.48. The average Bonchev–Trinajstić information content (AvgIpc) is 3.12. The van der Waals surface area contributed by atoms with Gasteiger partial charge in [0, 0.05) is 28.5 Å². The lowest BCUT2D eigenvalue weighted by atomic mass is 9.89. The van der Waals surface area contributed by atoms with E-state index in [-0.39, 0.29) is 0 Å². The van der Waals surface area contributed by atoms with Crippen molar-refractivity contribution in [1.82, 2.24) is 9.88 Å². The van der Waals surface area contributed by atoms with Crippen molar-refractivity contribution in [2.75, 3.05) is 37.9 Å². The van der Waals surface area contributed by atoms with Gasteiger partial charge in [-0.25, -0.2) is 0 Å². The van der Waals surface area contributed by atoms with Crippen LogP contribution in [0.3, 0.4) is 0 Å². The number of H-pyrrole nitrogens is 1. The van der Waals surface area contributed by atoms with E-state index >= 15 is 0 Å². The number of aromatic nitrogens is 1.